The lowest BCUT2D eigenvalue weighted by atomic mass is 9.46. The Labute approximate surface area is 251 Å². The standard InChI is InChI=1S/C38H42O3Si/c1-27-32-19-18-31-33-20-21-36(37(33,2)24-22-34(31)38(32,26-39)25-23-35(27)40)41-42(28-12-6-3-7-13-28,29-14-8-4-9-15-29)30-16-10-5-11-17-30/h3-17,26,31,33-34,36H,18-25H2,1-2H3/t31-,33-,34+,36?,37-,38+/m0/s1. The highest BCUT2D eigenvalue weighted by molar-refractivity contribution is 7.07. The van der Waals surface area contributed by atoms with Crippen LogP contribution < -0.4 is 15.6 Å². The number of rotatable bonds is 6. The summed E-state index contributed by atoms with van der Waals surface area (Å²) in [6.45, 7) is 4.48. The monoisotopic (exact) mass is 574 g/mol. The number of ketones is 1. The number of hydrogen-bond donors (Lipinski definition) is 0. The van der Waals surface area contributed by atoms with Gasteiger partial charge < -0.3 is 9.22 Å². The van der Waals surface area contributed by atoms with Crippen molar-refractivity contribution in [2.45, 2.75) is 71.3 Å². The first-order valence-electron chi connectivity index (χ1n) is 16.0. The van der Waals surface area contributed by atoms with Crippen LogP contribution in [0.5, 0.6) is 0 Å². The molecule has 3 aromatic carbocycles. The second kappa shape index (κ2) is 10.6. The van der Waals surface area contributed by atoms with Crippen molar-refractivity contribution in [2.75, 3.05) is 0 Å². The fourth-order valence-electron chi connectivity index (χ4n) is 9.95. The number of Topliss-reactive ketones (excluding diaryl/α,β-unsaturated/α-hetero) is 1. The quantitative estimate of drug-likeness (QED) is 0.202. The van der Waals surface area contributed by atoms with Crippen molar-refractivity contribution in [1.29, 1.82) is 0 Å². The average molecular weight is 575 g/mol. The van der Waals surface area contributed by atoms with Gasteiger partial charge in [0.15, 0.2) is 5.78 Å². The zero-order chi connectivity index (χ0) is 29.0. The fraction of sp³-hybridized carbons (Fsp3) is 0.421. The minimum absolute atomic E-state index is 0.0581. The minimum atomic E-state index is -2.82. The Kier molecular flexibility index (Phi) is 6.98. The van der Waals surface area contributed by atoms with Crippen molar-refractivity contribution in [3.05, 3.63) is 102 Å². The Hall–Kier alpha value is -3.08. The molecule has 7 rings (SSSR count). The molecule has 3 fully saturated rings. The molecule has 0 aromatic heterocycles. The second-order valence-corrected chi connectivity index (χ2v) is 16.9. The van der Waals surface area contributed by atoms with Gasteiger partial charge in [-0.3, -0.25) is 4.79 Å². The third-order valence-corrected chi connectivity index (χ3v) is 16.1. The summed E-state index contributed by atoms with van der Waals surface area (Å²) < 4.78 is 7.81. The van der Waals surface area contributed by atoms with Crippen LogP contribution in [0.2, 0.25) is 0 Å². The molecule has 1 unspecified atom stereocenters. The molecule has 4 aliphatic carbocycles. The molecule has 0 radical (unpaired) electrons. The lowest BCUT2D eigenvalue weighted by Gasteiger charge is -2.58. The summed E-state index contributed by atoms with van der Waals surface area (Å²) in [4.78, 5) is 25.6. The topological polar surface area (TPSA) is 43.4 Å². The van der Waals surface area contributed by atoms with Gasteiger partial charge in [0.1, 0.15) is 6.29 Å². The first-order valence-corrected chi connectivity index (χ1v) is 17.9. The molecule has 216 valence electrons. The molecule has 0 heterocycles. The molecule has 0 spiro atoms. The van der Waals surface area contributed by atoms with E-state index < -0.39 is 13.7 Å². The Balaban J connectivity index is 1.29. The fourth-order valence-corrected chi connectivity index (χ4v) is 14.2. The lowest BCUT2D eigenvalue weighted by molar-refractivity contribution is -0.130. The van der Waals surface area contributed by atoms with Crippen molar-refractivity contribution in [3.63, 3.8) is 0 Å². The smallest absolute Gasteiger partial charge is 0.288 e. The van der Waals surface area contributed by atoms with E-state index in [0.29, 0.717) is 30.6 Å². The largest absolute Gasteiger partial charge is 0.401 e. The van der Waals surface area contributed by atoms with Crippen LogP contribution in [-0.4, -0.2) is 26.5 Å². The molecule has 0 bridgehead atoms. The SMILES string of the molecule is CC1=C2CC[C@@H]3[C@@H](CC[C@]4(C)C(O[Si](c5ccccc5)(c5ccccc5)c5ccccc5)CC[C@@H]34)[C@@]2(C=O)CCC1=O. The van der Waals surface area contributed by atoms with Crippen molar-refractivity contribution >= 4 is 35.9 Å². The van der Waals surface area contributed by atoms with E-state index in [1.807, 2.05) is 6.92 Å². The van der Waals surface area contributed by atoms with E-state index in [2.05, 4.69) is 97.9 Å². The van der Waals surface area contributed by atoms with Crippen molar-refractivity contribution in [1.82, 2.24) is 0 Å². The number of hydrogen-bond acceptors (Lipinski definition) is 3. The zero-order valence-electron chi connectivity index (χ0n) is 24.9. The number of aldehydes is 1. The predicted molar refractivity (Wildman–Crippen MR) is 171 cm³/mol. The van der Waals surface area contributed by atoms with Gasteiger partial charge in [0.2, 0.25) is 0 Å². The highest BCUT2D eigenvalue weighted by Gasteiger charge is 2.62. The van der Waals surface area contributed by atoms with Gasteiger partial charge in [-0.25, -0.2) is 0 Å². The van der Waals surface area contributed by atoms with E-state index in [9.17, 15) is 9.59 Å². The van der Waals surface area contributed by atoms with E-state index in [0.717, 1.165) is 44.1 Å². The summed E-state index contributed by atoms with van der Waals surface area (Å²) >= 11 is 0. The highest BCUT2D eigenvalue weighted by atomic mass is 28.4. The van der Waals surface area contributed by atoms with Gasteiger partial charge in [0.05, 0.1) is 11.5 Å². The molecular formula is C38H42O3Si. The van der Waals surface area contributed by atoms with Crippen LogP contribution in [0.4, 0.5) is 0 Å². The van der Waals surface area contributed by atoms with Crippen LogP contribution >= 0.6 is 0 Å². The molecule has 4 aliphatic rings. The zero-order valence-corrected chi connectivity index (χ0v) is 25.9. The highest BCUT2D eigenvalue weighted by Crippen LogP contribution is 2.66. The number of fused-ring (bicyclic) bond motifs is 5. The molecule has 6 atom stereocenters. The van der Waals surface area contributed by atoms with Crippen LogP contribution in [0.25, 0.3) is 0 Å². The first kappa shape index (κ1) is 27.7. The molecule has 0 aliphatic heterocycles. The van der Waals surface area contributed by atoms with Crippen LogP contribution in [0.1, 0.15) is 65.2 Å². The van der Waals surface area contributed by atoms with E-state index in [4.69, 9.17) is 4.43 Å². The summed E-state index contributed by atoms with van der Waals surface area (Å²) in [6.07, 6.45) is 8.94. The van der Waals surface area contributed by atoms with Crippen LogP contribution in [0.3, 0.4) is 0 Å². The van der Waals surface area contributed by atoms with Gasteiger partial charge in [-0.05, 0) is 96.2 Å². The van der Waals surface area contributed by atoms with E-state index >= 15 is 0 Å². The predicted octanol–water partition coefficient (Wildman–Crippen LogP) is 6.14. The van der Waals surface area contributed by atoms with Gasteiger partial charge in [-0.1, -0.05) is 103 Å². The summed E-state index contributed by atoms with van der Waals surface area (Å²) in [6, 6.07) is 32.8. The van der Waals surface area contributed by atoms with Crippen molar-refractivity contribution in [2.24, 2.45) is 28.6 Å². The maximum absolute atomic E-state index is 13.0. The molecule has 0 N–H and O–H groups in total. The molecule has 4 heteroatoms. The molecule has 3 nitrogen and oxygen atoms in total. The lowest BCUT2D eigenvalue weighted by Crippen LogP contribution is -2.71. The summed E-state index contributed by atoms with van der Waals surface area (Å²) in [7, 11) is -2.82. The molecule has 42 heavy (non-hydrogen) atoms. The number of benzene rings is 3. The van der Waals surface area contributed by atoms with E-state index in [1.165, 1.54) is 27.4 Å². The summed E-state index contributed by atoms with van der Waals surface area (Å²) in [5.74, 6) is 1.64. The number of carbonyl (C=O) groups is 2. The average Bonchev–Trinajstić information content (AvgIpc) is 3.38. The van der Waals surface area contributed by atoms with Gasteiger partial charge in [-0.15, -0.1) is 0 Å². The van der Waals surface area contributed by atoms with Gasteiger partial charge >= 0.3 is 0 Å². The molecular weight excluding hydrogens is 533 g/mol. The van der Waals surface area contributed by atoms with E-state index in [-0.39, 0.29) is 17.3 Å². The summed E-state index contributed by atoms with van der Waals surface area (Å²) in [5, 5.41) is 3.87. The third kappa shape index (κ3) is 4.01. The Morgan fingerprint density at radius 2 is 1.31 bits per heavy atom. The van der Waals surface area contributed by atoms with Gasteiger partial charge in [0.25, 0.3) is 8.32 Å². The van der Waals surface area contributed by atoms with Gasteiger partial charge in [0, 0.05) is 6.42 Å². The molecule has 3 aromatic rings. The molecule has 0 amide bonds. The normalized spacial score (nSPS) is 32.6. The maximum atomic E-state index is 13.0. The number of carbonyl (C=O) groups excluding carboxylic acids is 2. The first-order chi connectivity index (χ1) is 20.4. The second-order valence-electron chi connectivity index (χ2n) is 13.6. The Morgan fingerprint density at radius 3 is 1.86 bits per heavy atom. The van der Waals surface area contributed by atoms with Crippen molar-refractivity contribution < 1.29 is 14.0 Å². The van der Waals surface area contributed by atoms with Crippen LogP contribution in [0, 0.1) is 28.6 Å². The molecule has 0 saturated heterocycles. The van der Waals surface area contributed by atoms with Gasteiger partial charge in [-0.2, -0.15) is 0 Å². The van der Waals surface area contributed by atoms with E-state index in [1.54, 1.807) is 0 Å². The van der Waals surface area contributed by atoms with Crippen LogP contribution in [-0.2, 0) is 14.0 Å². The van der Waals surface area contributed by atoms with Crippen molar-refractivity contribution in [3.8, 4) is 0 Å². The molecule has 3 saturated carbocycles. The Bertz CT molecular complexity index is 1400. The maximum Gasteiger partial charge on any atom is 0.288 e. The minimum Gasteiger partial charge on any atom is -0.401 e. The van der Waals surface area contributed by atoms with Crippen LogP contribution in [0.15, 0.2) is 102 Å². The third-order valence-electron chi connectivity index (χ3n) is 12.0. The number of allylic oxidation sites excluding steroid dienone is 1. The Morgan fingerprint density at radius 1 is 0.738 bits per heavy atom. The summed E-state index contributed by atoms with van der Waals surface area (Å²) in [5.41, 5.74) is 1.69.